The molecule has 0 aliphatic carbocycles. The summed E-state index contributed by atoms with van der Waals surface area (Å²) in [7, 11) is 0. The monoisotopic (exact) mass is 311 g/mol. The number of carboxylic acid groups (broad SMARTS) is 1. The molecule has 1 amide bonds. The second-order valence-corrected chi connectivity index (χ2v) is 6.12. The number of halogens is 1. The van der Waals surface area contributed by atoms with Crippen LogP contribution in [0.5, 0.6) is 0 Å². The number of hydrogen-bond acceptors (Lipinski definition) is 5. The molecule has 0 unspecified atom stereocenters. The van der Waals surface area contributed by atoms with Crippen LogP contribution in [-0.4, -0.2) is 29.5 Å². The number of hydrogen-bond donors (Lipinski definition) is 3. The number of fused-ring (bicyclic) bond motifs is 1. The van der Waals surface area contributed by atoms with Crippen LogP contribution >= 0.6 is 11.8 Å². The van der Waals surface area contributed by atoms with Crippen molar-refractivity contribution >= 4 is 28.7 Å². The Bertz CT molecular complexity index is 625. The molecule has 0 aromatic heterocycles. The third-order valence-corrected chi connectivity index (χ3v) is 5.00. The lowest BCUT2D eigenvalue weighted by atomic mass is 9.93. The number of amidine groups is 1. The van der Waals surface area contributed by atoms with Gasteiger partial charge in [0.25, 0.3) is 0 Å². The zero-order valence-electron chi connectivity index (χ0n) is 11.0. The molecule has 1 fully saturated rings. The van der Waals surface area contributed by atoms with E-state index in [-0.39, 0.29) is 11.1 Å². The SMILES string of the molecule is Nc1ccc(F)c([C@@]23OCC[C@@H]2CN=C(NC(=O)O)S3)c1. The number of nitrogens with one attached hydrogen (secondary N) is 1. The number of ether oxygens (including phenoxy) is 1. The summed E-state index contributed by atoms with van der Waals surface area (Å²) in [6.45, 7) is 0.860. The summed E-state index contributed by atoms with van der Waals surface area (Å²) >= 11 is 1.09. The minimum absolute atomic E-state index is 0.0156. The molecule has 4 N–H and O–H groups in total. The van der Waals surface area contributed by atoms with E-state index in [2.05, 4.69) is 10.3 Å². The van der Waals surface area contributed by atoms with Crippen molar-refractivity contribution in [2.45, 2.75) is 11.4 Å². The predicted molar refractivity (Wildman–Crippen MR) is 77.6 cm³/mol. The van der Waals surface area contributed by atoms with Gasteiger partial charge < -0.3 is 15.6 Å². The van der Waals surface area contributed by atoms with Crippen LogP contribution < -0.4 is 11.1 Å². The number of nitrogens with two attached hydrogens (primary N) is 1. The molecule has 1 saturated heterocycles. The van der Waals surface area contributed by atoms with E-state index in [0.717, 1.165) is 18.2 Å². The Morgan fingerprint density at radius 1 is 1.62 bits per heavy atom. The Balaban J connectivity index is 2.02. The molecule has 112 valence electrons. The van der Waals surface area contributed by atoms with Gasteiger partial charge in [0.05, 0.1) is 0 Å². The van der Waals surface area contributed by atoms with E-state index in [1.807, 2.05) is 0 Å². The highest BCUT2D eigenvalue weighted by Crippen LogP contribution is 2.53. The molecule has 21 heavy (non-hydrogen) atoms. The lowest BCUT2D eigenvalue weighted by Crippen LogP contribution is -2.41. The standard InChI is InChI=1S/C13H14FN3O3S/c14-10-2-1-8(15)5-9(10)13-7(3-4-20-13)6-16-11(21-13)17-12(18)19/h1-2,5,7H,3-4,6,15H2,(H,16,17)(H,18,19)/t7-,13-/m1/s1. The van der Waals surface area contributed by atoms with E-state index in [1.165, 1.54) is 12.1 Å². The fourth-order valence-electron chi connectivity index (χ4n) is 2.67. The number of nitrogen functional groups attached to an aromatic ring is 1. The number of anilines is 1. The van der Waals surface area contributed by atoms with E-state index in [9.17, 15) is 9.18 Å². The molecule has 0 saturated carbocycles. The summed E-state index contributed by atoms with van der Waals surface area (Å²) < 4.78 is 20.1. The van der Waals surface area contributed by atoms with Crippen LogP contribution in [0.3, 0.4) is 0 Å². The van der Waals surface area contributed by atoms with Crippen LogP contribution in [0.1, 0.15) is 12.0 Å². The average Bonchev–Trinajstić information content (AvgIpc) is 2.84. The van der Waals surface area contributed by atoms with Crippen LogP contribution in [0.2, 0.25) is 0 Å². The third-order valence-electron chi connectivity index (χ3n) is 3.60. The molecule has 2 heterocycles. The van der Waals surface area contributed by atoms with Crippen molar-refractivity contribution in [2.24, 2.45) is 10.9 Å². The number of nitrogens with zero attached hydrogens (tertiary/aromatic N) is 1. The minimum atomic E-state index is -1.21. The Morgan fingerprint density at radius 2 is 2.43 bits per heavy atom. The first-order valence-corrected chi connectivity index (χ1v) is 7.26. The van der Waals surface area contributed by atoms with Gasteiger partial charge in [0.15, 0.2) is 10.1 Å². The number of carbonyl (C=O) groups is 1. The first kappa shape index (κ1) is 14.2. The highest BCUT2D eigenvalue weighted by atomic mass is 32.2. The second kappa shape index (κ2) is 5.19. The summed E-state index contributed by atoms with van der Waals surface area (Å²) in [4.78, 5) is 14.0. The molecule has 6 nitrogen and oxygen atoms in total. The third kappa shape index (κ3) is 2.44. The lowest BCUT2D eigenvalue weighted by Gasteiger charge is -2.36. The predicted octanol–water partition coefficient (Wildman–Crippen LogP) is 1.97. The summed E-state index contributed by atoms with van der Waals surface area (Å²) in [5, 5.41) is 11.2. The molecular weight excluding hydrogens is 297 g/mol. The Labute approximate surface area is 124 Å². The Hall–Kier alpha value is -1.80. The first-order chi connectivity index (χ1) is 10.0. The number of aliphatic imine (C=N–C) groups is 1. The van der Waals surface area contributed by atoms with Gasteiger partial charge >= 0.3 is 6.09 Å². The number of thioether (sulfide) groups is 1. The molecule has 3 rings (SSSR count). The van der Waals surface area contributed by atoms with Crippen molar-refractivity contribution < 1.29 is 19.0 Å². The maximum Gasteiger partial charge on any atom is 0.410 e. The van der Waals surface area contributed by atoms with Gasteiger partial charge in [0.2, 0.25) is 0 Å². The van der Waals surface area contributed by atoms with E-state index in [1.54, 1.807) is 6.07 Å². The van der Waals surface area contributed by atoms with Crippen LogP contribution in [0.25, 0.3) is 0 Å². The van der Waals surface area contributed by atoms with Crippen molar-refractivity contribution in [3.63, 3.8) is 0 Å². The van der Waals surface area contributed by atoms with Gasteiger partial charge in [0.1, 0.15) is 5.82 Å². The van der Waals surface area contributed by atoms with Crippen LogP contribution in [0.15, 0.2) is 23.2 Å². The number of amides is 1. The molecule has 1 aromatic rings. The molecule has 0 bridgehead atoms. The van der Waals surface area contributed by atoms with E-state index >= 15 is 0 Å². The van der Waals surface area contributed by atoms with Crippen molar-refractivity contribution in [2.75, 3.05) is 18.9 Å². The number of rotatable bonds is 1. The molecular formula is C13H14FN3O3S. The zero-order valence-corrected chi connectivity index (χ0v) is 11.8. The Morgan fingerprint density at radius 3 is 3.19 bits per heavy atom. The summed E-state index contributed by atoms with van der Waals surface area (Å²) in [6.07, 6.45) is -0.466. The van der Waals surface area contributed by atoms with Gasteiger partial charge in [0, 0.05) is 30.3 Å². The van der Waals surface area contributed by atoms with Crippen molar-refractivity contribution in [3.05, 3.63) is 29.6 Å². The van der Waals surface area contributed by atoms with Gasteiger partial charge in [-0.1, -0.05) is 0 Å². The highest BCUT2D eigenvalue weighted by molar-refractivity contribution is 8.14. The van der Waals surface area contributed by atoms with Crippen molar-refractivity contribution in [1.82, 2.24) is 5.32 Å². The maximum absolute atomic E-state index is 14.3. The van der Waals surface area contributed by atoms with E-state index in [4.69, 9.17) is 15.6 Å². The van der Waals surface area contributed by atoms with Crippen LogP contribution in [-0.2, 0) is 9.67 Å². The number of benzene rings is 1. The molecule has 2 atom stereocenters. The van der Waals surface area contributed by atoms with E-state index in [0.29, 0.717) is 24.4 Å². The zero-order chi connectivity index (χ0) is 15.0. The largest absolute Gasteiger partial charge is 0.465 e. The second-order valence-electron chi connectivity index (χ2n) is 4.92. The Kier molecular flexibility index (Phi) is 3.50. The maximum atomic E-state index is 14.3. The summed E-state index contributed by atoms with van der Waals surface area (Å²) in [5.74, 6) is -0.432. The molecule has 0 spiro atoms. The fourth-order valence-corrected chi connectivity index (χ4v) is 4.01. The quantitative estimate of drug-likeness (QED) is 0.689. The summed E-state index contributed by atoms with van der Waals surface area (Å²) in [6, 6.07) is 4.33. The minimum Gasteiger partial charge on any atom is -0.465 e. The smallest absolute Gasteiger partial charge is 0.410 e. The van der Waals surface area contributed by atoms with Gasteiger partial charge in [-0.2, -0.15) is 0 Å². The molecule has 8 heteroatoms. The highest BCUT2D eigenvalue weighted by Gasteiger charge is 2.51. The van der Waals surface area contributed by atoms with Crippen molar-refractivity contribution in [1.29, 1.82) is 0 Å². The van der Waals surface area contributed by atoms with Crippen molar-refractivity contribution in [3.8, 4) is 0 Å². The van der Waals surface area contributed by atoms with Gasteiger partial charge in [-0.3, -0.25) is 10.3 Å². The molecule has 1 aromatic carbocycles. The van der Waals surface area contributed by atoms with Crippen LogP contribution in [0, 0.1) is 11.7 Å². The fraction of sp³-hybridized carbons (Fsp3) is 0.385. The van der Waals surface area contributed by atoms with Gasteiger partial charge in [-0.05, 0) is 36.4 Å². The normalized spacial score (nSPS) is 27.9. The summed E-state index contributed by atoms with van der Waals surface area (Å²) in [5.41, 5.74) is 6.54. The lowest BCUT2D eigenvalue weighted by molar-refractivity contribution is 0.0560. The molecule has 2 aliphatic heterocycles. The topological polar surface area (TPSA) is 96.9 Å². The molecule has 2 aliphatic rings. The van der Waals surface area contributed by atoms with Gasteiger partial charge in [-0.15, -0.1) is 0 Å². The van der Waals surface area contributed by atoms with E-state index < -0.39 is 16.8 Å². The average molecular weight is 311 g/mol. The van der Waals surface area contributed by atoms with Gasteiger partial charge in [-0.25, -0.2) is 9.18 Å². The first-order valence-electron chi connectivity index (χ1n) is 6.44. The van der Waals surface area contributed by atoms with Crippen LogP contribution in [0.4, 0.5) is 14.9 Å². The molecule has 0 radical (unpaired) electrons.